The van der Waals surface area contributed by atoms with Crippen molar-refractivity contribution in [1.29, 1.82) is 0 Å². The van der Waals surface area contributed by atoms with Gasteiger partial charge in [-0.1, -0.05) is 6.42 Å². The highest BCUT2D eigenvalue weighted by Gasteiger charge is 2.29. The van der Waals surface area contributed by atoms with Crippen molar-refractivity contribution in [3.63, 3.8) is 0 Å². The average molecular weight is 423 g/mol. The molecular weight excluding hydrogens is 396 g/mol. The quantitative estimate of drug-likeness (QED) is 0.759. The van der Waals surface area contributed by atoms with Gasteiger partial charge in [-0.3, -0.25) is 4.79 Å². The summed E-state index contributed by atoms with van der Waals surface area (Å²) in [4.78, 5) is 20.2. The molecule has 2 aliphatic heterocycles. The minimum absolute atomic E-state index is 0.0362. The van der Waals surface area contributed by atoms with Gasteiger partial charge < -0.3 is 9.47 Å². The van der Waals surface area contributed by atoms with Gasteiger partial charge in [-0.2, -0.15) is 4.31 Å². The van der Waals surface area contributed by atoms with Crippen molar-refractivity contribution >= 4 is 27.3 Å². The average Bonchev–Trinajstić information content (AvgIpc) is 3.42. The van der Waals surface area contributed by atoms with E-state index in [0.29, 0.717) is 33.6 Å². The normalized spacial score (nSPS) is 18.7. The van der Waals surface area contributed by atoms with Crippen LogP contribution in [0.4, 0.5) is 0 Å². The molecule has 4 rings (SSSR count). The van der Waals surface area contributed by atoms with Crippen molar-refractivity contribution in [3.05, 3.63) is 22.8 Å². The predicted molar refractivity (Wildman–Crippen MR) is 109 cm³/mol. The third-order valence-corrected chi connectivity index (χ3v) is 8.57. The second-order valence-electron chi connectivity index (χ2n) is 7.57. The van der Waals surface area contributed by atoms with Crippen LogP contribution >= 0.6 is 11.3 Å². The number of carbonyl (C=O) groups excluding carboxylic acids is 1. The van der Waals surface area contributed by atoms with Crippen molar-refractivity contribution < 1.29 is 13.2 Å². The van der Waals surface area contributed by atoms with E-state index in [0.717, 1.165) is 50.9 Å². The smallest absolute Gasteiger partial charge is 0.265 e. The van der Waals surface area contributed by atoms with E-state index < -0.39 is 10.0 Å². The summed E-state index contributed by atoms with van der Waals surface area (Å²) in [5, 5.41) is 0.683. The van der Waals surface area contributed by atoms with E-state index in [9.17, 15) is 13.2 Å². The van der Waals surface area contributed by atoms with Crippen LogP contribution in [0, 0.1) is 6.92 Å². The van der Waals surface area contributed by atoms with Gasteiger partial charge >= 0.3 is 0 Å². The number of nitrogens with zero attached hydrogens (tertiary/aromatic N) is 4. The summed E-state index contributed by atoms with van der Waals surface area (Å²) < 4.78 is 29.3. The fraction of sp³-hybridized carbons (Fsp3) is 0.579. The van der Waals surface area contributed by atoms with Crippen molar-refractivity contribution in [2.75, 3.05) is 26.2 Å². The van der Waals surface area contributed by atoms with Crippen molar-refractivity contribution in [3.8, 4) is 10.7 Å². The van der Waals surface area contributed by atoms with Crippen LogP contribution in [-0.4, -0.2) is 59.3 Å². The molecule has 0 bridgehead atoms. The molecule has 7 nitrogen and oxygen atoms in total. The van der Waals surface area contributed by atoms with Crippen molar-refractivity contribution in [2.45, 2.75) is 43.9 Å². The van der Waals surface area contributed by atoms with Crippen LogP contribution in [0.15, 0.2) is 17.2 Å². The van der Waals surface area contributed by atoms with Crippen LogP contribution in [0.1, 0.15) is 47.5 Å². The molecule has 0 atom stereocenters. The third kappa shape index (κ3) is 3.51. The number of rotatable bonds is 4. The van der Waals surface area contributed by atoms with Crippen molar-refractivity contribution in [2.24, 2.45) is 7.05 Å². The van der Waals surface area contributed by atoms with E-state index in [4.69, 9.17) is 0 Å². The van der Waals surface area contributed by atoms with Gasteiger partial charge in [0, 0.05) is 39.4 Å². The minimum atomic E-state index is -3.49. The molecule has 1 amide bonds. The molecule has 4 heterocycles. The summed E-state index contributed by atoms with van der Waals surface area (Å²) >= 11 is 1.35. The lowest BCUT2D eigenvalue weighted by Crippen LogP contribution is -2.35. The Hall–Kier alpha value is -1.71. The second-order valence-corrected chi connectivity index (χ2v) is 10.5. The van der Waals surface area contributed by atoms with Gasteiger partial charge in [-0.05, 0) is 38.7 Å². The molecule has 2 aromatic rings. The van der Waals surface area contributed by atoms with E-state index >= 15 is 0 Å². The fourth-order valence-corrected chi connectivity index (χ4v) is 6.59. The Morgan fingerprint density at radius 3 is 2.39 bits per heavy atom. The van der Waals surface area contributed by atoms with Crippen LogP contribution in [0.5, 0.6) is 0 Å². The maximum Gasteiger partial charge on any atom is 0.265 e. The highest BCUT2D eigenvalue weighted by Crippen LogP contribution is 2.32. The highest BCUT2D eigenvalue weighted by atomic mass is 32.2. The maximum atomic E-state index is 13.0. The Labute approximate surface area is 170 Å². The minimum Gasteiger partial charge on any atom is -0.347 e. The third-order valence-electron chi connectivity index (χ3n) is 5.54. The zero-order valence-electron chi connectivity index (χ0n) is 16.3. The van der Waals surface area contributed by atoms with Crippen LogP contribution in [0.2, 0.25) is 0 Å². The molecule has 0 spiro atoms. The van der Waals surface area contributed by atoms with Gasteiger partial charge in [0.1, 0.15) is 14.8 Å². The lowest BCUT2D eigenvalue weighted by Gasteiger charge is -2.25. The molecule has 2 saturated heterocycles. The Balaban J connectivity index is 1.64. The van der Waals surface area contributed by atoms with Crippen molar-refractivity contribution in [1.82, 2.24) is 18.8 Å². The first kappa shape index (κ1) is 19.6. The predicted octanol–water partition coefficient (Wildman–Crippen LogP) is 2.87. The molecular formula is C19H26N4O3S2. The Kier molecular flexibility index (Phi) is 5.32. The number of aryl methyl sites for hydroxylation is 2. The van der Waals surface area contributed by atoms with E-state index in [-0.39, 0.29) is 5.91 Å². The summed E-state index contributed by atoms with van der Waals surface area (Å²) in [6.07, 6.45) is 6.65. The largest absolute Gasteiger partial charge is 0.347 e. The number of hydrogen-bond acceptors (Lipinski definition) is 5. The first-order chi connectivity index (χ1) is 13.4. The number of likely N-dealkylation sites (tertiary alicyclic amines) is 1. The Morgan fingerprint density at radius 2 is 1.71 bits per heavy atom. The molecule has 28 heavy (non-hydrogen) atoms. The standard InChI is InChI=1S/C19H26N4O3S2/c1-14-17(19(24)22-8-6-7-9-22)27-18(20-14)16-12-15(13-21(16)2)28(25,26)23-10-4-3-5-11-23/h12-13H,3-11H2,1-2H3. The zero-order valence-corrected chi connectivity index (χ0v) is 18.0. The number of carbonyl (C=O) groups is 1. The van der Waals surface area contributed by atoms with E-state index in [2.05, 4.69) is 4.98 Å². The number of aromatic nitrogens is 2. The summed E-state index contributed by atoms with van der Waals surface area (Å²) in [6.45, 7) is 4.61. The molecule has 2 aromatic heterocycles. The van der Waals surface area contributed by atoms with E-state index in [1.54, 1.807) is 21.1 Å². The number of hydrogen-bond donors (Lipinski definition) is 0. The molecule has 0 aliphatic carbocycles. The number of thiazole rings is 1. The second kappa shape index (κ2) is 7.61. The van der Waals surface area contributed by atoms with Gasteiger partial charge in [0.15, 0.2) is 0 Å². The highest BCUT2D eigenvalue weighted by molar-refractivity contribution is 7.89. The number of sulfonamides is 1. The van der Waals surface area contributed by atoms with Crippen LogP contribution in [-0.2, 0) is 17.1 Å². The molecule has 152 valence electrons. The molecule has 0 N–H and O–H groups in total. The first-order valence-electron chi connectivity index (χ1n) is 9.81. The van der Waals surface area contributed by atoms with Crippen LogP contribution in [0.25, 0.3) is 10.7 Å². The van der Waals surface area contributed by atoms with Gasteiger partial charge in [0.2, 0.25) is 10.0 Å². The summed E-state index contributed by atoms with van der Waals surface area (Å²) in [6, 6.07) is 1.69. The topological polar surface area (TPSA) is 75.5 Å². The van der Waals surface area contributed by atoms with Gasteiger partial charge in [0.25, 0.3) is 5.91 Å². The zero-order chi connectivity index (χ0) is 19.9. The monoisotopic (exact) mass is 422 g/mol. The molecule has 0 unspecified atom stereocenters. The number of piperidine rings is 1. The van der Waals surface area contributed by atoms with Crippen LogP contribution < -0.4 is 0 Å². The maximum absolute atomic E-state index is 13.0. The summed E-state index contributed by atoms with van der Waals surface area (Å²) in [5.41, 5.74) is 1.43. The summed E-state index contributed by atoms with van der Waals surface area (Å²) in [5.74, 6) is 0.0362. The molecule has 0 aromatic carbocycles. The first-order valence-corrected chi connectivity index (χ1v) is 12.1. The molecule has 0 radical (unpaired) electrons. The lowest BCUT2D eigenvalue weighted by molar-refractivity contribution is 0.0796. The van der Waals surface area contributed by atoms with Crippen LogP contribution in [0.3, 0.4) is 0 Å². The Morgan fingerprint density at radius 1 is 1.07 bits per heavy atom. The number of amides is 1. The Bertz CT molecular complexity index is 981. The van der Waals surface area contributed by atoms with Gasteiger partial charge in [0.05, 0.1) is 11.4 Å². The summed E-state index contributed by atoms with van der Waals surface area (Å²) in [7, 11) is -1.67. The fourth-order valence-electron chi connectivity index (χ4n) is 3.91. The molecule has 2 fully saturated rings. The van der Waals surface area contributed by atoms with Gasteiger partial charge in [-0.25, -0.2) is 13.4 Å². The SMILES string of the molecule is Cc1nc(-c2cc(S(=O)(=O)N3CCCCC3)cn2C)sc1C(=O)N1CCCC1. The van der Waals surface area contributed by atoms with E-state index in [1.165, 1.54) is 11.3 Å². The molecule has 2 aliphatic rings. The molecule has 9 heteroatoms. The van der Waals surface area contributed by atoms with E-state index in [1.807, 2.05) is 18.9 Å². The van der Waals surface area contributed by atoms with Gasteiger partial charge in [-0.15, -0.1) is 11.3 Å². The molecule has 0 saturated carbocycles. The lowest BCUT2D eigenvalue weighted by atomic mass is 10.2.